The first-order chi connectivity index (χ1) is 10.2. The third-order valence-electron chi connectivity index (χ3n) is 3.13. The number of aromatic amines is 1. The summed E-state index contributed by atoms with van der Waals surface area (Å²) >= 11 is 0. The van der Waals surface area contributed by atoms with Crippen LogP contribution in [0.5, 0.6) is 0 Å². The van der Waals surface area contributed by atoms with Crippen LogP contribution in [0.25, 0.3) is 11.0 Å². The Labute approximate surface area is 122 Å². The lowest BCUT2D eigenvalue weighted by Crippen LogP contribution is -2.28. The molecule has 0 spiro atoms. The first-order valence-corrected chi connectivity index (χ1v) is 6.76. The van der Waals surface area contributed by atoms with E-state index < -0.39 is 0 Å². The number of carbonyl (C=O) groups excluding carboxylic acids is 1. The number of carbonyl (C=O) groups is 1. The topological polar surface area (TPSA) is 69.8 Å². The number of hydrogen-bond donors (Lipinski definition) is 3. The summed E-state index contributed by atoms with van der Waals surface area (Å²) in [7, 11) is 0. The van der Waals surface area contributed by atoms with Crippen molar-refractivity contribution in [2.75, 3.05) is 5.32 Å². The monoisotopic (exact) mass is 280 g/mol. The lowest BCUT2D eigenvalue weighted by atomic mass is 10.2. The molecule has 0 aliphatic rings. The number of imidazole rings is 1. The maximum Gasteiger partial charge on any atom is 0.319 e. The van der Waals surface area contributed by atoms with E-state index in [2.05, 4.69) is 20.6 Å². The number of para-hydroxylation sites is 2. The van der Waals surface area contributed by atoms with E-state index in [0.717, 1.165) is 28.1 Å². The Morgan fingerprint density at radius 3 is 2.86 bits per heavy atom. The molecule has 0 radical (unpaired) electrons. The predicted molar refractivity (Wildman–Crippen MR) is 83.1 cm³/mol. The summed E-state index contributed by atoms with van der Waals surface area (Å²) in [5.41, 5.74) is 3.74. The molecule has 3 aromatic rings. The third kappa shape index (κ3) is 3.20. The highest BCUT2D eigenvalue weighted by molar-refractivity contribution is 5.89. The molecule has 3 N–H and O–H groups in total. The standard InChI is InChI=1S/C16H16N4O/c1-11-5-4-6-12(9-11)18-16(21)17-10-15-19-13-7-2-3-8-14(13)20-15/h2-9H,10H2,1H3,(H,19,20)(H2,17,18,21). The lowest BCUT2D eigenvalue weighted by Gasteiger charge is -2.06. The van der Waals surface area contributed by atoms with Crippen LogP contribution in [0.4, 0.5) is 10.5 Å². The third-order valence-corrected chi connectivity index (χ3v) is 3.13. The Morgan fingerprint density at radius 2 is 2.05 bits per heavy atom. The van der Waals surface area contributed by atoms with Crippen molar-refractivity contribution in [3.8, 4) is 0 Å². The molecule has 2 amide bonds. The molecular formula is C16H16N4O. The Balaban J connectivity index is 1.60. The average molecular weight is 280 g/mol. The second-order valence-electron chi connectivity index (χ2n) is 4.88. The summed E-state index contributed by atoms with van der Waals surface area (Å²) in [6.45, 7) is 2.34. The highest BCUT2D eigenvalue weighted by Gasteiger charge is 2.05. The molecule has 0 aliphatic carbocycles. The van der Waals surface area contributed by atoms with Crippen LogP contribution in [-0.2, 0) is 6.54 Å². The van der Waals surface area contributed by atoms with Crippen molar-refractivity contribution in [2.24, 2.45) is 0 Å². The molecule has 5 nitrogen and oxygen atoms in total. The van der Waals surface area contributed by atoms with E-state index >= 15 is 0 Å². The molecule has 0 fully saturated rings. The Bertz CT molecular complexity index is 746. The van der Waals surface area contributed by atoms with Crippen LogP contribution in [0.3, 0.4) is 0 Å². The number of fused-ring (bicyclic) bond motifs is 1. The number of nitrogens with zero attached hydrogens (tertiary/aromatic N) is 1. The van der Waals surface area contributed by atoms with Gasteiger partial charge in [-0.3, -0.25) is 0 Å². The van der Waals surface area contributed by atoms with Crippen LogP contribution in [0.2, 0.25) is 0 Å². The molecule has 0 unspecified atom stereocenters. The van der Waals surface area contributed by atoms with E-state index in [1.165, 1.54) is 0 Å². The van der Waals surface area contributed by atoms with E-state index in [4.69, 9.17) is 0 Å². The summed E-state index contributed by atoms with van der Waals surface area (Å²) in [5, 5.41) is 5.58. The molecule has 0 bridgehead atoms. The molecule has 106 valence electrons. The molecule has 0 saturated heterocycles. The van der Waals surface area contributed by atoms with Gasteiger partial charge in [0.25, 0.3) is 0 Å². The van der Waals surface area contributed by atoms with E-state index in [9.17, 15) is 4.79 Å². The molecule has 5 heteroatoms. The van der Waals surface area contributed by atoms with Gasteiger partial charge in [-0.25, -0.2) is 9.78 Å². The zero-order chi connectivity index (χ0) is 14.7. The van der Waals surface area contributed by atoms with Crippen molar-refractivity contribution in [1.29, 1.82) is 0 Å². The maximum absolute atomic E-state index is 11.8. The van der Waals surface area contributed by atoms with Crippen LogP contribution in [0.15, 0.2) is 48.5 Å². The minimum atomic E-state index is -0.249. The van der Waals surface area contributed by atoms with Crippen molar-refractivity contribution >= 4 is 22.8 Å². The average Bonchev–Trinajstić information content (AvgIpc) is 2.88. The fourth-order valence-corrected chi connectivity index (χ4v) is 2.15. The van der Waals surface area contributed by atoms with Crippen LogP contribution < -0.4 is 10.6 Å². The molecule has 1 heterocycles. The van der Waals surface area contributed by atoms with Gasteiger partial charge in [-0.15, -0.1) is 0 Å². The summed E-state index contributed by atoms with van der Waals surface area (Å²) in [4.78, 5) is 19.4. The molecule has 21 heavy (non-hydrogen) atoms. The van der Waals surface area contributed by atoms with Gasteiger partial charge in [0, 0.05) is 5.69 Å². The summed E-state index contributed by atoms with van der Waals surface area (Å²) in [5.74, 6) is 0.732. The predicted octanol–water partition coefficient (Wildman–Crippen LogP) is 3.19. The van der Waals surface area contributed by atoms with Crippen molar-refractivity contribution in [3.05, 3.63) is 59.9 Å². The van der Waals surface area contributed by atoms with Gasteiger partial charge < -0.3 is 15.6 Å². The quantitative estimate of drug-likeness (QED) is 0.689. The van der Waals surface area contributed by atoms with Gasteiger partial charge in [0.05, 0.1) is 17.6 Å². The number of urea groups is 1. The van der Waals surface area contributed by atoms with Crippen molar-refractivity contribution in [2.45, 2.75) is 13.5 Å². The summed E-state index contributed by atoms with van der Waals surface area (Å²) in [6.07, 6.45) is 0. The van der Waals surface area contributed by atoms with E-state index in [1.807, 2.05) is 55.5 Å². The molecular weight excluding hydrogens is 264 g/mol. The zero-order valence-electron chi connectivity index (χ0n) is 11.7. The Morgan fingerprint density at radius 1 is 1.19 bits per heavy atom. The highest BCUT2D eigenvalue weighted by Crippen LogP contribution is 2.11. The van der Waals surface area contributed by atoms with Gasteiger partial charge in [-0.2, -0.15) is 0 Å². The normalized spacial score (nSPS) is 10.5. The van der Waals surface area contributed by atoms with Gasteiger partial charge in [-0.05, 0) is 36.8 Å². The van der Waals surface area contributed by atoms with E-state index in [-0.39, 0.29) is 6.03 Å². The summed E-state index contributed by atoms with van der Waals surface area (Å²) < 4.78 is 0. The SMILES string of the molecule is Cc1cccc(NC(=O)NCc2nc3ccccc3[nH]2)c1. The fourth-order valence-electron chi connectivity index (χ4n) is 2.15. The smallest absolute Gasteiger partial charge is 0.319 e. The number of benzene rings is 2. The number of anilines is 1. The number of aromatic nitrogens is 2. The number of aryl methyl sites for hydroxylation is 1. The lowest BCUT2D eigenvalue weighted by molar-refractivity contribution is 0.251. The van der Waals surface area contributed by atoms with Crippen LogP contribution in [0.1, 0.15) is 11.4 Å². The number of rotatable bonds is 3. The molecule has 0 atom stereocenters. The van der Waals surface area contributed by atoms with Crippen molar-refractivity contribution in [1.82, 2.24) is 15.3 Å². The first-order valence-electron chi connectivity index (χ1n) is 6.76. The van der Waals surface area contributed by atoms with Gasteiger partial charge in [0.1, 0.15) is 5.82 Å². The van der Waals surface area contributed by atoms with Gasteiger partial charge in [0.2, 0.25) is 0 Å². The van der Waals surface area contributed by atoms with Gasteiger partial charge >= 0.3 is 6.03 Å². The van der Waals surface area contributed by atoms with Crippen molar-refractivity contribution < 1.29 is 4.79 Å². The Hall–Kier alpha value is -2.82. The highest BCUT2D eigenvalue weighted by atomic mass is 16.2. The molecule has 0 aliphatic heterocycles. The number of nitrogens with one attached hydrogen (secondary N) is 3. The summed E-state index contributed by atoms with van der Waals surface area (Å²) in [6, 6.07) is 15.2. The molecule has 2 aromatic carbocycles. The molecule has 0 saturated carbocycles. The molecule has 3 rings (SSSR count). The van der Waals surface area contributed by atoms with Gasteiger partial charge in [0.15, 0.2) is 0 Å². The van der Waals surface area contributed by atoms with Crippen LogP contribution >= 0.6 is 0 Å². The zero-order valence-corrected chi connectivity index (χ0v) is 11.7. The largest absolute Gasteiger partial charge is 0.340 e. The van der Waals surface area contributed by atoms with Crippen molar-refractivity contribution in [3.63, 3.8) is 0 Å². The van der Waals surface area contributed by atoms with Crippen LogP contribution in [0, 0.1) is 6.92 Å². The van der Waals surface area contributed by atoms with E-state index in [0.29, 0.717) is 6.54 Å². The van der Waals surface area contributed by atoms with Crippen LogP contribution in [-0.4, -0.2) is 16.0 Å². The second kappa shape index (κ2) is 5.66. The fraction of sp³-hybridized carbons (Fsp3) is 0.125. The minimum absolute atomic E-state index is 0.249. The van der Waals surface area contributed by atoms with Gasteiger partial charge in [-0.1, -0.05) is 24.3 Å². The van der Waals surface area contributed by atoms with E-state index in [1.54, 1.807) is 0 Å². The number of hydrogen-bond acceptors (Lipinski definition) is 2. The number of H-pyrrole nitrogens is 1. The molecule has 1 aromatic heterocycles. The number of amides is 2. The Kier molecular flexibility index (Phi) is 3.55. The first kappa shape index (κ1) is 13.2. The minimum Gasteiger partial charge on any atom is -0.340 e. The maximum atomic E-state index is 11.8. The second-order valence-corrected chi connectivity index (χ2v) is 4.88.